The summed E-state index contributed by atoms with van der Waals surface area (Å²) in [5.74, 6) is 0.518. The molecule has 1 saturated carbocycles. The third-order valence-corrected chi connectivity index (χ3v) is 8.13. The molecule has 0 spiro atoms. The number of nitrogens with zero attached hydrogens (tertiary/aromatic N) is 5. The molecule has 6 rings (SSSR count). The molecule has 202 valence electrons. The van der Waals surface area contributed by atoms with Gasteiger partial charge in [0.1, 0.15) is 5.65 Å². The molecule has 1 atom stereocenters. The molecule has 1 aromatic carbocycles. The SMILES string of the molecule is CNC1CCC(n2c(=O)c(-c3ccc(-c4cncc(C)n4)cc3Cl)cc3cnc(NC4CCOC4)nc32)CC1. The molecule has 2 N–H and O–H groups in total. The molecule has 10 heteroatoms. The third kappa shape index (κ3) is 5.26. The van der Waals surface area contributed by atoms with E-state index in [-0.39, 0.29) is 17.6 Å². The second kappa shape index (κ2) is 11.0. The highest BCUT2D eigenvalue weighted by Crippen LogP contribution is 2.34. The lowest BCUT2D eigenvalue weighted by molar-refractivity contribution is 0.195. The molecule has 0 amide bonds. The molecule has 39 heavy (non-hydrogen) atoms. The minimum Gasteiger partial charge on any atom is -0.379 e. The fourth-order valence-corrected chi connectivity index (χ4v) is 5.95. The molecular weight excluding hydrogens is 514 g/mol. The van der Waals surface area contributed by atoms with Gasteiger partial charge in [-0.1, -0.05) is 23.7 Å². The fraction of sp³-hybridized carbons (Fsp3) is 0.414. The van der Waals surface area contributed by atoms with Crippen LogP contribution in [0, 0.1) is 6.92 Å². The highest BCUT2D eigenvalue weighted by Gasteiger charge is 2.26. The molecule has 1 unspecified atom stereocenters. The summed E-state index contributed by atoms with van der Waals surface area (Å²) in [6.07, 6.45) is 9.92. The van der Waals surface area contributed by atoms with Gasteiger partial charge in [-0.3, -0.25) is 14.3 Å². The lowest BCUT2D eigenvalue weighted by atomic mass is 9.90. The van der Waals surface area contributed by atoms with Crippen molar-refractivity contribution < 1.29 is 4.74 Å². The van der Waals surface area contributed by atoms with E-state index >= 15 is 0 Å². The van der Waals surface area contributed by atoms with E-state index in [2.05, 4.69) is 25.6 Å². The second-order valence-corrected chi connectivity index (χ2v) is 10.9. The number of anilines is 1. The lowest BCUT2D eigenvalue weighted by Gasteiger charge is -2.30. The highest BCUT2D eigenvalue weighted by atomic mass is 35.5. The maximum Gasteiger partial charge on any atom is 0.260 e. The Balaban J connectivity index is 1.45. The number of nitrogens with one attached hydrogen (secondary N) is 2. The molecule has 4 heterocycles. The topological polar surface area (TPSA) is 107 Å². The zero-order valence-electron chi connectivity index (χ0n) is 22.2. The van der Waals surface area contributed by atoms with E-state index < -0.39 is 0 Å². The van der Waals surface area contributed by atoms with Crippen LogP contribution in [0.3, 0.4) is 0 Å². The number of rotatable bonds is 6. The summed E-state index contributed by atoms with van der Waals surface area (Å²) in [6, 6.07) is 8.22. The normalized spacial score (nSPS) is 21.4. The van der Waals surface area contributed by atoms with Crippen LogP contribution >= 0.6 is 11.6 Å². The van der Waals surface area contributed by atoms with Gasteiger partial charge < -0.3 is 15.4 Å². The maximum atomic E-state index is 14.2. The molecule has 1 aliphatic heterocycles. The van der Waals surface area contributed by atoms with E-state index in [0.29, 0.717) is 40.4 Å². The number of benzene rings is 1. The molecule has 4 aromatic rings. The minimum absolute atomic E-state index is 0.0442. The zero-order valence-corrected chi connectivity index (χ0v) is 22.9. The van der Waals surface area contributed by atoms with Crippen LogP contribution in [-0.2, 0) is 4.74 Å². The summed E-state index contributed by atoms with van der Waals surface area (Å²) in [5, 5.41) is 8.05. The highest BCUT2D eigenvalue weighted by molar-refractivity contribution is 6.33. The average molecular weight is 546 g/mol. The molecule has 0 bridgehead atoms. The maximum absolute atomic E-state index is 14.2. The Morgan fingerprint density at radius 1 is 1.00 bits per heavy atom. The van der Waals surface area contributed by atoms with Gasteiger partial charge in [-0.15, -0.1) is 0 Å². The van der Waals surface area contributed by atoms with Gasteiger partial charge in [-0.2, -0.15) is 4.98 Å². The van der Waals surface area contributed by atoms with Crippen molar-refractivity contribution in [3.05, 3.63) is 63.9 Å². The zero-order chi connectivity index (χ0) is 26.9. The number of ether oxygens (including phenoxy) is 1. The van der Waals surface area contributed by atoms with Gasteiger partial charge in [0, 0.05) is 58.2 Å². The van der Waals surface area contributed by atoms with E-state index in [1.165, 1.54) is 0 Å². The Morgan fingerprint density at radius 3 is 2.56 bits per heavy atom. The van der Waals surface area contributed by atoms with Crippen LogP contribution in [0.2, 0.25) is 5.02 Å². The first kappa shape index (κ1) is 25.9. The Hall–Kier alpha value is -3.40. The van der Waals surface area contributed by atoms with E-state index in [1.54, 1.807) is 18.6 Å². The van der Waals surface area contributed by atoms with Crippen molar-refractivity contribution in [1.29, 1.82) is 0 Å². The lowest BCUT2D eigenvalue weighted by Crippen LogP contribution is -2.35. The minimum atomic E-state index is -0.0887. The van der Waals surface area contributed by atoms with Gasteiger partial charge in [0.25, 0.3) is 5.56 Å². The number of aromatic nitrogens is 5. The molecule has 1 saturated heterocycles. The summed E-state index contributed by atoms with van der Waals surface area (Å²) in [7, 11) is 2.00. The van der Waals surface area contributed by atoms with E-state index in [1.807, 2.05) is 42.8 Å². The van der Waals surface area contributed by atoms with E-state index in [0.717, 1.165) is 61.0 Å². The standard InChI is InChI=1S/C29H32ClN7O2/c1-17-13-32-15-26(34-17)18-3-8-23(25(30)12-18)24-11-19-14-33-29(35-21-9-10-39-16-21)36-27(19)37(28(24)38)22-6-4-20(31-2)5-7-22/h3,8,11-15,20-22,31H,4-7,9-10,16H2,1-2H3,(H,33,35,36). The van der Waals surface area contributed by atoms with Crippen LogP contribution in [-0.4, -0.2) is 56.8 Å². The second-order valence-electron chi connectivity index (χ2n) is 10.4. The van der Waals surface area contributed by atoms with Crippen LogP contribution in [0.15, 0.2) is 47.7 Å². The first-order valence-corrected chi connectivity index (χ1v) is 13.9. The van der Waals surface area contributed by atoms with Gasteiger partial charge in [0.2, 0.25) is 5.95 Å². The number of hydrogen-bond donors (Lipinski definition) is 2. The molecule has 9 nitrogen and oxygen atoms in total. The van der Waals surface area contributed by atoms with Crippen molar-refractivity contribution in [1.82, 2.24) is 29.8 Å². The van der Waals surface area contributed by atoms with Crippen LogP contribution in [0.1, 0.15) is 43.8 Å². The monoisotopic (exact) mass is 545 g/mol. The Labute approximate surface area is 232 Å². The van der Waals surface area contributed by atoms with Crippen LogP contribution in [0.25, 0.3) is 33.4 Å². The quantitative estimate of drug-likeness (QED) is 0.356. The largest absolute Gasteiger partial charge is 0.379 e. The van der Waals surface area contributed by atoms with Crippen molar-refractivity contribution in [2.75, 3.05) is 25.6 Å². The van der Waals surface area contributed by atoms with Gasteiger partial charge in [-0.25, -0.2) is 9.97 Å². The van der Waals surface area contributed by atoms with E-state index in [4.69, 9.17) is 21.3 Å². The van der Waals surface area contributed by atoms with E-state index in [9.17, 15) is 4.79 Å². The molecule has 2 fully saturated rings. The van der Waals surface area contributed by atoms with Gasteiger partial charge >= 0.3 is 0 Å². The number of halogens is 1. The molecule has 0 radical (unpaired) electrons. The van der Waals surface area contributed by atoms with Crippen molar-refractivity contribution in [2.45, 2.75) is 57.2 Å². The number of aryl methyl sites for hydroxylation is 1. The van der Waals surface area contributed by atoms with Crippen LogP contribution in [0.5, 0.6) is 0 Å². The number of hydrogen-bond acceptors (Lipinski definition) is 8. The summed E-state index contributed by atoms with van der Waals surface area (Å²) in [6.45, 7) is 3.26. The Morgan fingerprint density at radius 2 is 1.85 bits per heavy atom. The fourth-order valence-electron chi connectivity index (χ4n) is 5.67. The summed E-state index contributed by atoms with van der Waals surface area (Å²) < 4.78 is 7.37. The van der Waals surface area contributed by atoms with Crippen LogP contribution in [0.4, 0.5) is 5.95 Å². The van der Waals surface area contributed by atoms with Crippen molar-refractivity contribution in [2.24, 2.45) is 0 Å². The number of fused-ring (bicyclic) bond motifs is 1. The van der Waals surface area contributed by atoms with Crippen molar-refractivity contribution in [3.63, 3.8) is 0 Å². The summed E-state index contributed by atoms with van der Waals surface area (Å²) >= 11 is 6.82. The molecule has 2 aliphatic rings. The first-order chi connectivity index (χ1) is 19.0. The molecular formula is C29H32ClN7O2. The summed E-state index contributed by atoms with van der Waals surface area (Å²) in [4.78, 5) is 32.4. The number of pyridine rings is 1. The van der Waals surface area contributed by atoms with Gasteiger partial charge in [0.15, 0.2) is 0 Å². The summed E-state index contributed by atoms with van der Waals surface area (Å²) in [5.41, 5.74) is 4.19. The Bertz CT molecular complexity index is 1560. The predicted octanol–water partition coefficient (Wildman–Crippen LogP) is 4.78. The van der Waals surface area contributed by atoms with Crippen molar-refractivity contribution >= 4 is 28.6 Å². The molecule has 1 aliphatic carbocycles. The third-order valence-electron chi connectivity index (χ3n) is 7.82. The smallest absolute Gasteiger partial charge is 0.260 e. The molecule has 3 aromatic heterocycles. The Kier molecular flexibility index (Phi) is 7.29. The predicted molar refractivity (Wildman–Crippen MR) is 153 cm³/mol. The van der Waals surface area contributed by atoms with Crippen LogP contribution < -0.4 is 16.2 Å². The van der Waals surface area contributed by atoms with Gasteiger partial charge in [0.05, 0.1) is 30.2 Å². The first-order valence-electron chi connectivity index (χ1n) is 13.5. The van der Waals surface area contributed by atoms with Gasteiger partial charge in [-0.05, 0) is 58.2 Å². The van der Waals surface area contributed by atoms with Crippen molar-refractivity contribution in [3.8, 4) is 22.4 Å². The average Bonchev–Trinajstić information content (AvgIpc) is 3.46.